The van der Waals surface area contributed by atoms with Gasteiger partial charge in [0.25, 0.3) is 0 Å². The second-order valence-electron chi connectivity index (χ2n) is 18.2. The molecule has 0 amide bonds. The number of rotatable bonds is 6. The van der Waals surface area contributed by atoms with Crippen LogP contribution in [0.25, 0.3) is 83.9 Å². The highest BCUT2D eigenvalue weighted by Crippen LogP contribution is 2.46. The zero-order chi connectivity index (χ0) is 43.6. The van der Waals surface area contributed by atoms with E-state index >= 15 is 0 Å². The normalized spacial score (nSPS) is 12.4. The molecule has 7 aromatic carbocycles. The fourth-order valence-electron chi connectivity index (χ4n) is 8.15. The lowest BCUT2D eigenvalue weighted by molar-refractivity contribution is -0.137. The Kier molecular flexibility index (Phi) is 9.97. The molecule has 0 fully saturated rings. The van der Waals surface area contributed by atoms with E-state index in [1.54, 1.807) is 12.1 Å². The van der Waals surface area contributed by atoms with Gasteiger partial charge in [-0.05, 0) is 88.5 Å². The van der Waals surface area contributed by atoms with Crippen LogP contribution < -0.4 is 0 Å². The molecule has 0 bridgehead atoms. The maximum atomic E-state index is 14.1. The maximum Gasteiger partial charge on any atom is 0.416 e. The zero-order valence-corrected chi connectivity index (χ0v) is 35.9. The molecule has 308 valence electrons. The summed E-state index contributed by atoms with van der Waals surface area (Å²) in [6, 6.07) is 51.0. The van der Waals surface area contributed by atoms with Crippen LogP contribution in [-0.4, -0.2) is 19.5 Å². The molecule has 4 nitrogen and oxygen atoms in total. The van der Waals surface area contributed by atoms with Gasteiger partial charge in [-0.25, -0.2) is 15.0 Å². The lowest BCUT2D eigenvalue weighted by atomic mass is 9.85. The van der Waals surface area contributed by atoms with Crippen LogP contribution in [0.2, 0.25) is 0 Å². The molecule has 2 aromatic heterocycles. The third-order valence-corrected chi connectivity index (χ3v) is 11.7. The van der Waals surface area contributed by atoms with Gasteiger partial charge in [-0.2, -0.15) is 13.2 Å². The van der Waals surface area contributed by atoms with Gasteiger partial charge in [-0.1, -0.05) is 156 Å². The molecule has 0 aliphatic heterocycles. The van der Waals surface area contributed by atoms with Gasteiger partial charge in [-0.3, -0.25) is 0 Å². The largest absolute Gasteiger partial charge is 0.416 e. The van der Waals surface area contributed by atoms with E-state index in [2.05, 4.69) is 120 Å². The molecule has 9 aromatic rings. The molecular formula is C55H47F3N4. The monoisotopic (exact) mass is 820 g/mol. The van der Waals surface area contributed by atoms with Crippen molar-refractivity contribution in [3.8, 4) is 62.1 Å². The number of nitrogens with zero attached hydrogens (tertiary/aromatic N) is 4. The van der Waals surface area contributed by atoms with Crippen LogP contribution in [0.1, 0.15) is 63.8 Å². The van der Waals surface area contributed by atoms with E-state index in [4.69, 9.17) is 15.0 Å². The van der Waals surface area contributed by atoms with E-state index in [1.165, 1.54) is 23.3 Å². The molecule has 0 aliphatic rings. The van der Waals surface area contributed by atoms with E-state index in [1.807, 2.05) is 66.7 Å². The van der Waals surface area contributed by atoms with Crippen molar-refractivity contribution < 1.29 is 13.2 Å². The standard InChI is InChI=1S/C55H47F3N4/c1-34-18-20-35(21-19-34)43-30-39(52-60-50(37-14-10-8-11-15-37)59-51(61-52)38-16-12-9-13-17-38)31-44(36-22-24-40(25-23-36)55(56,57)58)49(43)62-47-28-26-41(53(2,3)4)32-45(47)46-33-42(54(5,6)7)27-29-48(46)62/h8-33H,1-7H3. The molecule has 0 saturated carbocycles. The summed E-state index contributed by atoms with van der Waals surface area (Å²) in [5, 5.41) is 2.21. The van der Waals surface area contributed by atoms with Gasteiger partial charge in [-0.15, -0.1) is 0 Å². The number of alkyl halides is 3. The van der Waals surface area contributed by atoms with Crippen LogP contribution in [-0.2, 0) is 17.0 Å². The zero-order valence-electron chi connectivity index (χ0n) is 35.9. The fourth-order valence-corrected chi connectivity index (χ4v) is 8.15. The molecule has 0 atom stereocenters. The Balaban J connectivity index is 1.43. The second kappa shape index (κ2) is 15.2. The van der Waals surface area contributed by atoms with Crippen LogP contribution in [0.4, 0.5) is 13.2 Å². The molecule has 0 radical (unpaired) electrons. The van der Waals surface area contributed by atoms with Crippen molar-refractivity contribution in [1.29, 1.82) is 0 Å². The first-order valence-corrected chi connectivity index (χ1v) is 20.9. The van der Waals surface area contributed by atoms with E-state index in [-0.39, 0.29) is 10.8 Å². The van der Waals surface area contributed by atoms with Crippen molar-refractivity contribution in [2.24, 2.45) is 0 Å². The molecule has 0 spiro atoms. The molecule has 0 saturated heterocycles. The van der Waals surface area contributed by atoms with Crippen molar-refractivity contribution in [3.63, 3.8) is 0 Å². The Morgan fingerprint density at radius 3 is 1.19 bits per heavy atom. The SMILES string of the molecule is Cc1ccc(-c2cc(-c3nc(-c4ccccc4)nc(-c4ccccc4)n3)cc(-c3ccc(C(F)(F)F)cc3)c2-n2c3ccc(C(C)(C)C)cc3c3cc(C(C)(C)C)ccc32)cc1. The summed E-state index contributed by atoms with van der Waals surface area (Å²) in [5.74, 6) is 1.47. The van der Waals surface area contributed by atoms with Crippen LogP contribution in [0.5, 0.6) is 0 Å². The highest BCUT2D eigenvalue weighted by atomic mass is 19.4. The van der Waals surface area contributed by atoms with Gasteiger partial charge in [0.2, 0.25) is 0 Å². The third-order valence-electron chi connectivity index (χ3n) is 11.7. The average Bonchev–Trinajstić information content (AvgIpc) is 3.58. The Hall–Kier alpha value is -6.86. The Morgan fingerprint density at radius 1 is 0.403 bits per heavy atom. The third kappa shape index (κ3) is 7.68. The number of halogens is 3. The lowest BCUT2D eigenvalue weighted by Gasteiger charge is -2.22. The first-order chi connectivity index (χ1) is 29.5. The minimum Gasteiger partial charge on any atom is -0.308 e. The van der Waals surface area contributed by atoms with Gasteiger partial charge in [0, 0.05) is 38.6 Å². The first-order valence-electron chi connectivity index (χ1n) is 20.9. The fraction of sp³-hybridized carbons (Fsp3) is 0.182. The minimum absolute atomic E-state index is 0.105. The quantitative estimate of drug-likeness (QED) is 0.168. The van der Waals surface area contributed by atoms with E-state index in [0.717, 1.165) is 60.9 Å². The molecule has 62 heavy (non-hydrogen) atoms. The minimum atomic E-state index is -4.49. The predicted molar refractivity (Wildman–Crippen MR) is 248 cm³/mol. The maximum absolute atomic E-state index is 14.1. The van der Waals surface area contributed by atoms with Gasteiger partial charge in [0.15, 0.2) is 17.5 Å². The van der Waals surface area contributed by atoms with Crippen LogP contribution in [0.3, 0.4) is 0 Å². The highest BCUT2D eigenvalue weighted by molar-refractivity contribution is 6.11. The topological polar surface area (TPSA) is 43.6 Å². The Labute approximate surface area is 360 Å². The summed E-state index contributed by atoms with van der Waals surface area (Å²) >= 11 is 0. The summed E-state index contributed by atoms with van der Waals surface area (Å²) in [5.41, 5.74) is 11.0. The number of aromatic nitrogens is 4. The highest BCUT2D eigenvalue weighted by Gasteiger charge is 2.31. The molecule has 7 heteroatoms. The van der Waals surface area contributed by atoms with Gasteiger partial charge >= 0.3 is 6.18 Å². The average molecular weight is 821 g/mol. The van der Waals surface area contributed by atoms with Gasteiger partial charge < -0.3 is 4.57 Å². The first kappa shape index (κ1) is 40.5. The molecular weight excluding hydrogens is 774 g/mol. The van der Waals surface area contributed by atoms with Crippen molar-refractivity contribution in [2.45, 2.75) is 65.5 Å². The van der Waals surface area contributed by atoms with Crippen molar-refractivity contribution in [3.05, 3.63) is 180 Å². The summed E-state index contributed by atoms with van der Waals surface area (Å²) in [4.78, 5) is 15.2. The lowest BCUT2D eigenvalue weighted by Crippen LogP contribution is -2.10. The van der Waals surface area contributed by atoms with Gasteiger partial charge in [0.1, 0.15) is 0 Å². The Bertz CT molecular complexity index is 2970. The number of benzene rings is 7. The van der Waals surface area contributed by atoms with E-state index in [9.17, 15) is 13.2 Å². The molecule has 2 heterocycles. The van der Waals surface area contributed by atoms with Crippen LogP contribution in [0, 0.1) is 6.92 Å². The van der Waals surface area contributed by atoms with Crippen LogP contribution in [0.15, 0.2) is 158 Å². The summed E-state index contributed by atoms with van der Waals surface area (Å²) in [7, 11) is 0. The van der Waals surface area contributed by atoms with Crippen molar-refractivity contribution in [2.75, 3.05) is 0 Å². The second-order valence-corrected chi connectivity index (χ2v) is 18.2. The Morgan fingerprint density at radius 2 is 0.790 bits per heavy atom. The predicted octanol–water partition coefficient (Wildman–Crippen LogP) is 15.2. The summed E-state index contributed by atoms with van der Waals surface area (Å²) in [6.07, 6.45) is -4.49. The summed E-state index contributed by atoms with van der Waals surface area (Å²) < 4.78 is 44.7. The number of hydrogen-bond donors (Lipinski definition) is 0. The van der Waals surface area contributed by atoms with E-state index in [0.29, 0.717) is 28.6 Å². The summed E-state index contributed by atoms with van der Waals surface area (Å²) in [6.45, 7) is 15.4. The van der Waals surface area contributed by atoms with Crippen molar-refractivity contribution in [1.82, 2.24) is 19.5 Å². The van der Waals surface area contributed by atoms with Gasteiger partial charge in [0.05, 0.1) is 22.3 Å². The molecule has 0 N–H and O–H groups in total. The number of fused-ring (bicyclic) bond motifs is 3. The van der Waals surface area contributed by atoms with E-state index < -0.39 is 11.7 Å². The van der Waals surface area contributed by atoms with Crippen LogP contribution >= 0.6 is 0 Å². The molecule has 0 unspecified atom stereocenters. The molecule has 0 aliphatic carbocycles. The number of aryl methyl sites for hydroxylation is 1. The van der Waals surface area contributed by atoms with Crippen molar-refractivity contribution >= 4 is 21.8 Å². The number of hydrogen-bond acceptors (Lipinski definition) is 3. The molecule has 9 rings (SSSR count). The smallest absolute Gasteiger partial charge is 0.308 e.